The minimum atomic E-state index is -0.926. The summed E-state index contributed by atoms with van der Waals surface area (Å²) in [6, 6.07) is 14.7. The van der Waals surface area contributed by atoms with E-state index < -0.39 is 18.2 Å². The predicted molar refractivity (Wildman–Crippen MR) is 106 cm³/mol. The Morgan fingerprint density at radius 1 is 0.741 bits per heavy atom. The molecule has 144 valence electrons. The van der Waals surface area contributed by atoms with Crippen LogP contribution in [-0.4, -0.2) is 18.2 Å². The minimum Gasteiger partial charge on any atom is -0.422 e. The molecule has 0 aliphatic rings. The van der Waals surface area contributed by atoms with Crippen LogP contribution in [0.5, 0.6) is 0 Å². The molecule has 0 aliphatic carbocycles. The molecular weight excluding hydrogens is 340 g/mol. The SMILES string of the molecule is CCC(OC(=O)c1ccccc1C(C)C)OC(=O)c1ccccc1C(C)C. The minimum absolute atomic E-state index is 0.189. The highest BCUT2D eigenvalue weighted by Crippen LogP contribution is 2.23. The lowest BCUT2D eigenvalue weighted by Gasteiger charge is -2.20. The Morgan fingerprint density at radius 3 is 1.44 bits per heavy atom. The van der Waals surface area contributed by atoms with Crippen LogP contribution in [0.15, 0.2) is 48.5 Å². The third kappa shape index (κ3) is 5.19. The fourth-order valence-corrected chi connectivity index (χ4v) is 2.93. The molecule has 0 aromatic heterocycles. The Kier molecular flexibility index (Phi) is 7.17. The van der Waals surface area contributed by atoms with Crippen LogP contribution < -0.4 is 0 Å². The zero-order chi connectivity index (χ0) is 20.0. The quantitative estimate of drug-likeness (QED) is 0.466. The summed E-state index contributed by atoms with van der Waals surface area (Å²) in [5.74, 6) is -0.573. The predicted octanol–water partition coefficient (Wildman–Crippen LogP) is 5.68. The molecule has 4 nitrogen and oxygen atoms in total. The molecule has 2 aromatic carbocycles. The lowest BCUT2D eigenvalue weighted by Crippen LogP contribution is -2.25. The largest absolute Gasteiger partial charge is 0.422 e. The molecule has 0 amide bonds. The summed E-state index contributed by atoms with van der Waals surface area (Å²) in [6.07, 6.45) is -0.545. The average Bonchev–Trinajstić information content (AvgIpc) is 2.67. The zero-order valence-electron chi connectivity index (χ0n) is 16.7. The normalized spacial score (nSPS) is 11.1. The Bertz CT molecular complexity index is 727. The van der Waals surface area contributed by atoms with Crippen molar-refractivity contribution in [3.05, 3.63) is 70.8 Å². The van der Waals surface area contributed by atoms with Crippen molar-refractivity contribution in [1.82, 2.24) is 0 Å². The second kappa shape index (κ2) is 9.36. The second-order valence-corrected chi connectivity index (χ2v) is 7.13. The summed E-state index contributed by atoms with van der Waals surface area (Å²) >= 11 is 0. The molecule has 0 heterocycles. The smallest absolute Gasteiger partial charge is 0.341 e. The summed E-state index contributed by atoms with van der Waals surface area (Å²) in [4.78, 5) is 25.2. The highest BCUT2D eigenvalue weighted by molar-refractivity contribution is 5.93. The molecule has 2 aromatic rings. The summed E-state index contributed by atoms with van der Waals surface area (Å²) < 4.78 is 11.0. The first-order valence-corrected chi connectivity index (χ1v) is 9.44. The van der Waals surface area contributed by atoms with E-state index in [1.165, 1.54) is 0 Å². The van der Waals surface area contributed by atoms with Gasteiger partial charge in [0, 0.05) is 6.42 Å². The summed E-state index contributed by atoms with van der Waals surface area (Å²) in [6.45, 7) is 9.89. The Hall–Kier alpha value is -2.62. The molecule has 0 radical (unpaired) electrons. The van der Waals surface area contributed by atoms with Gasteiger partial charge >= 0.3 is 11.9 Å². The van der Waals surface area contributed by atoms with Gasteiger partial charge in [-0.15, -0.1) is 0 Å². The molecule has 27 heavy (non-hydrogen) atoms. The maximum absolute atomic E-state index is 12.6. The molecule has 4 heteroatoms. The van der Waals surface area contributed by atoms with E-state index in [0.29, 0.717) is 17.5 Å². The van der Waals surface area contributed by atoms with Gasteiger partial charge in [0.1, 0.15) is 0 Å². The van der Waals surface area contributed by atoms with Gasteiger partial charge < -0.3 is 9.47 Å². The van der Waals surface area contributed by atoms with Gasteiger partial charge in [0.15, 0.2) is 0 Å². The van der Waals surface area contributed by atoms with Crippen molar-refractivity contribution >= 4 is 11.9 Å². The van der Waals surface area contributed by atoms with E-state index in [2.05, 4.69) is 0 Å². The van der Waals surface area contributed by atoms with Crippen LogP contribution >= 0.6 is 0 Å². The molecule has 0 fully saturated rings. The number of esters is 2. The molecule has 0 N–H and O–H groups in total. The third-order valence-electron chi connectivity index (χ3n) is 4.42. The van der Waals surface area contributed by atoms with Gasteiger partial charge in [-0.05, 0) is 35.1 Å². The molecule has 0 spiro atoms. The lowest BCUT2D eigenvalue weighted by atomic mass is 9.97. The van der Waals surface area contributed by atoms with Crippen molar-refractivity contribution < 1.29 is 19.1 Å². The highest BCUT2D eigenvalue weighted by Gasteiger charge is 2.23. The number of carbonyl (C=O) groups is 2. The number of hydrogen-bond acceptors (Lipinski definition) is 4. The summed E-state index contributed by atoms with van der Waals surface area (Å²) in [5.41, 5.74) is 2.83. The van der Waals surface area contributed by atoms with Crippen LogP contribution in [0, 0.1) is 0 Å². The number of hydrogen-bond donors (Lipinski definition) is 0. The fraction of sp³-hybridized carbons (Fsp3) is 0.391. The van der Waals surface area contributed by atoms with Gasteiger partial charge in [-0.2, -0.15) is 0 Å². The first kappa shape index (κ1) is 20.7. The second-order valence-electron chi connectivity index (χ2n) is 7.13. The van der Waals surface area contributed by atoms with E-state index in [0.717, 1.165) is 11.1 Å². The van der Waals surface area contributed by atoms with Crippen LogP contribution in [0.2, 0.25) is 0 Å². The Labute approximate surface area is 161 Å². The van der Waals surface area contributed by atoms with Crippen molar-refractivity contribution in [2.75, 3.05) is 0 Å². The average molecular weight is 368 g/mol. The molecule has 0 saturated carbocycles. The van der Waals surface area contributed by atoms with E-state index in [1.54, 1.807) is 24.3 Å². The molecule has 0 saturated heterocycles. The monoisotopic (exact) mass is 368 g/mol. The van der Waals surface area contributed by atoms with Crippen LogP contribution in [-0.2, 0) is 9.47 Å². The number of benzene rings is 2. The summed E-state index contributed by atoms with van der Waals surface area (Å²) in [7, 11) is 0. The standard InChI is InChI=1S/C23H28O4/c1-6-21(26-22(24)19-13-9-7-11-17(19)15(2)3)27-23(25)20-14-10-8-12-18(20)16(4)5/h7-16,21H,6H2,1-5H3. The molecular formula is C23H28O4. The molecule has 0 unspecified atom stereocenters. The van der Waals surface area contributed by atoms with Gasteiger partial charge in [0.05, 0.1) is 11.1 Å². The van der Waals surface area contributed by atoms with Crippen LogP contribution in [0.25, 0.3) is 0 Å². The maximum atomic E-state index is 12.6. The topological polar surface area (TPSA) is 52.6 Å². The Balaban J connectivity index is 2.15. The highest BCUT2D eigenvalue weighted by atomic mass is 16.7. The van der Waals surface area contributed by atoms with Gasteiger partial charge in [-0.25, -0.2) is 9.59 Å². The number of rotatable bonds is 7. The molecule has 0 atom stereocenters. The van der Waals surface area contributed by atoms with Crippen LogP contribution in [0.1, 0.15) is 84.7 Å². The first-order valence-electron chi connectivity index (χ1n) is 9.44. The van der Waals surface area contributed by atoms with Gasteiger partial charge in [0.25, 0.3) is 0 Å². The van der Waals surface area contributed by atoms with E-state index in [4.69, 9.17) is 9.47 Å². The van der Waals surface area contributed by atoms with E-state index in [9.17, 15) is 9.59 Å². The maximum Gasteiger partial charge on any atom is 0.341 e. The van der Waals surface area contributed by atoms with E-state index in [1.807, 2.05) is 58.9 Å². The van der Waals surface area contributed by atoms with Crippen molar-refractivity contribution in [3.63, 3.8) is 0 Å². The Morgan fingerprint density at radius 2 is 1.11 bits per heavy atom. The lowest BCUT2D eigenvalue weighted by molar-refractivity contribution is -0.0807. The van der Waals surface area contributed by atoms with Crippen LogP contribution in [0.3, 0.4) is 0 Å². The van der Waals surface area contributed by atoms with Crippen molar-refractivity contribution in [2.45, 2.75) is 59.2 Å². The molecule has 2 rings (SSSR count). The van der Waals surface area contributed by atoms with Gasteiger partial charge in [0.2, 0.25) is 6.29 Å². The first-order chi connectivity index (χ1) is 12.8. The van der Waals surface area contributed by atoms with Crippen molar-refractivity contribution in [2.24, 2.45) is 0 Å². The summed E-state index contributed by atoms with van der Waals surface area (Å²) in [5, 5.41) is 0. The molecule has 0 aliphatic heterocycles. The fourth-order valence-electron chi connectivity index (χ4n) is 2.93. The molecule has 0 bridgehead atoms. The van der Waals surface area contributed by atoms with Crippen molar-refractivity contribution in [3.8, 4) is 0 Å². The van der Waals surface area contributed by atoms with Crippen LogP contribution in [0.4, 0.5) is 0 Å². The number of carbonyl (C=O) groups excluding carboxylic acids is 2. The van der Waals surface area contributed by atoms with Crippen molar-refractivity contribution in [1.29, 1.82) is 0 Å². The zero-order valence-corrected chi connectivity index (χ0v) is 16.7. The van der Waals surface area contributed by atoms with E-state index >= 15 is 0 Å². The van der Waals surface area contributed by atoms with Gasteiger partial charge in [-0.3, -0.25) is 0 Å². The van der Waals surface area contributed by atoms with E-state index in [-0.39, 0.29) is 11.8 Å². The number of ether oxygens (including phenoxy) is 2. The van der Waals surface area contributed by atoms with Gasteiger partial charge in [-0.1, -0.05) is 71.0 Å². The third-order valence-corrected chi connectivity index (χ3v) is 4.42.